The lowest BCUT2D eigenvalue weighted by molar-refractivity contribution is -0.139. The van der Waals surface area contributed by atoms with Crippen molar-refractivity contribution in [1.29, 1.82) is 0 Å². The molecule has 0 spiro atoms. The van der Waals surface area contributed by atoms with E-state index in [1.54, 1.807) is 43.3 Å². The van der Waals surface area contributed by atoms with Crippen LogP contribution in [0.25, 0.3) is 0 Å². The molecule has 8 nitrogen and oxygen atoms in total. The number of benzene rings is 3. The molecule has 2 amide bonds. The molecule has 10 heteroatoms. The zero-order valence-corrected chi connectivity index (χ0v) is 25.1. The van der Waals surface area contributed by atoms with Gasteiger partial charge >= 0.3 is 0 Å². The minimum absolute atomic E-state index is 0.00136. The maximum absolute atomic E-state index is 14.1. The second-order valence-electron chi connectivity index (χ2n) is 10.3. The van der Waals surface area contributed by atoms with Crippen LogP contribution >= 0.6 is 11.6 Å². The molecule has 0 radical (unpaired) electrons. The van der Waals surface area contributed by atoms with Gasteiger partial charge in [0.1, 0.15) is 18.3 Å². The molecule has 0 aliphatic heterocycles. The number of ether oxygens (including phenoxy) is 1. The molecule has 3 aromatic carbocycles. The van der Waals surface area contributed by atoms with Gasteiger partial charge in [-0.05, 0) is 86.3 Å². The molecule has 1 saturated carbocycles. The van der Waals surface area contributed by atoms with Crippen molar-refractivity contribution in [2.45, 2.75) is 63.1 Å². The van der Waals surface area contributed by atoms with Crippen LogP contribution in [0.3, 0.4) is 0 Å². The third-order valence-corrected chi connectivity index (χ3v) is 9.55. The number of nitrogens with one attached hydrogen (secondary N) is 1. The third kappa shape index (κ3) is 7.40. The predicted octanol–water partition coefficient (Wildman–Crippen LogP) is 5.33. The number of nitrogens with zero attached hydrogens (tertiary/aromatic N) is 2. The van der Waals surface area contributed by atoms with E-state index in [-0.39, 0.29) is 29.1 Å². The molecule has 0 bridgehead atoms. The first-order valence-corrected chi connectivity index (χ1v) is 15.5. The van der Waals surface area contributed by atoms with Gasteiger partial charge < -0.3 is 15.0 Å². The van der Waals surface area contributed by atoms with E-state index in [2.05, 4.69) is 5.32 Å². The summed E-state index contributed by atoms with van der Waals surface area (Å²) in [6.45, 7) is 3.27. The van der Waals surface area contributed by atoms with Crippen molar-refractivity contribution in [2.75, 3.05) is 18.0 Å². The lowest BCUT2D eigenvalue weighted by atomic mass is 10.1. The van der Waals surface area contributed by atoms with Gasteiger partial charge in [-0.3, -0.25) is 13.9 Å². The normalized spacial score (nSPS) is 14.3. The highest BCUT2D eigenvalue weighted by Gasteiger charge is 2.33. The molecule has 1 N–H and O–H groups in total. The first-order valence-electron chi connectivity index (χ1n) is 13.7. The Bertz CT molecular complexity index is 1460. The number of amides is 2. The van der Waals surface area contributed by atoms with Gasteiger partial charge in [-0.25, -0.2) is 8.42 Å². The van der Waals surface area contributed by atoms with Gasteiger partial charge in [0, 0.05) is 17.6 Å². The summed E-state index contributed by atoms with van der Waals surface area (Å²) in [6.07, 6.45) is 3.94. The molecule has 1 aliphatic carbocycles. The number of aryl methyl sites for hydroxylation is 1. The summed E-state index contributed by atoms with van der Waals surface area (Å²) in [4.78, 5) is 28.8. The SMILES string of the molecule is COc1ccc(S(=O)(=O)N(CC(=O)N(Cc2ccccc2C)[C@@H](C)C(=O)NC2CCCC2)c2ccc(Cl)cc2)cc1. The van der Waals surface area contributed by atoms with Crippen molar-refractivity contribution in [3.05, 3.63) is 88.9 Å². The highest BCUT2D eigenvalue weighted by Crippen LogP contribution is 2.27. The molecule has 0 saturated heterocycles. The van der Waals surface area contributed by atoms with Crippen LogP contribution < -0.4 is 14.4 Å². The van der Waals surface area contributed by atoms with Gasteiger partial charge in [-0.15, -0.1) is 0 Å². The number of halogens is 1. The Hall–Kier alpha value is -3.56. The van der Waals surface area contributed by atoms with Gasteiger partial charge in [0.2, 0.25) is 11.8 Å². The summed E-state index contributed by atoms with van der Waals surface area (Å²) < 4.78 is 34.1. The van der Waals surface area contributed by atoms with Gasteiger partial charge in [-0.1, -0.05) is 48.7 Å². The monoisotopic (exact) mass is 597 g/mol. The van der Waals surface area contributed by atoms with Crippen LogP contribution in [0.2, 0.25) is 5.02 Å². The fourth-order valence-electron chi connectivity index (χ4n) is 4.96. The van der Waals surface area contributed by atoms with E-state index in [0.29, 0.717) is 10.8 Å². The van der Waals surface area contributed by atoms with Crippen molar-refractivity contribution in [2.24, 2.45) is 0 Å². The Balaban J connectivity index is 1.69. The third-order valence-electron chi connectivity index (χ3n) is 7.51. The molecule has 1 atom stereocenters. The first kappa shape index (κ1) is 30.4. The van der Waals surface area contributed by atoms with Crippen LogP contribution in [0.15, 0.2) is 77.7 Å². The van der Waals surface area contributed by atoms with Crippen molar-refractivity contribution in [1.82, 2.24) is 10.2 Å². The van der Waals surface area contributed by atoms with E-state index in [1.807, 2.05) is 31.2 Å². The average molecular weight is 598 g/mol. The predicted molar refractivity (Wildman–Crippen MR) is 161 cm³/mol. The van der Waals surface area contributed by atoms with E-state index < -0.39 is 28.5 Å². The highest BCUT2D eigenvalue weighted by atomic mass is 35.5. The van der Waals surface area contributed by atoms with E-state index in [1.165, 1.54) is 24.1 Å². The number of carbonyl (C=O) groups is 2. The second-order valence-corrected chi connectivity index (χ2v) is 12.6. The summed E-state index contributed by atoms with van der Waals surface area (Å²) in [5.41, 5.74) is 2.11. The molecule has 41 heavy (non-hydrogen) atoms. The highest BCUT2D eigenvalue weighted by molar-refractivity contribution is 7.92. The number of anilines is 1. The number of rotatable bonds is 11. The Morgan fingerprint density at radius 1 is 1.00 bits per heavy atom. The summed E-state index contributed by atoms with van der Waals surface area (Å²) in [7, 11) is -2.68. The quantitative estimate of drug-likeness (QED) is 0.322. The molecular weight excluding hydrogens is 562 g/mol. The van der Waals surface area contributed by atoms with Crippen LogP contribution in [0.1, 0.15) is 43.7 Å². The van der Waals surface area contributed by atoms with Crippen LogP contribution in [0, 0.1) is 6.92 Å². The Labute approximate surface area is 247 Å². The van der Waals surface area contributed by atoms with Crippen molar-refractivity contribution in [3.8, 4) is 5.75 Å². The number of hydrogen-bond acceptors (Lipinski definition) is 5. The van der Waals surface area contributed by atoms with Crippen LogP contribution in [0.5, 0.6) is 5.75 Å². The topological polar surface area (TPSA) is 96.0 Å². The maximum atomic E-state index is 14.1. The van der Waals surface area contributed by atoms with Gasteiger partial charge in [0.05, 0.1) is 17.7 Å². The number of sulfonamides is 1. The summed E-state index contributed by atoms with van der Waals surface area (Å²) in [5.74, 6) is -0.256. The fraction of sp³-hybridized carbons (Fsp3) is 0.355. The maximum Gasteiger partial charge on any atom is 0.264 e. The lowest BCUT2D eigenvalue weighted by Gasteiger charge is -2.32. The summed E-state index contributed by atoms with van der Waals surface area (Å²) in [6, 6.07) is 19.1. The van der Waals surface area contributed by atoms with Crippen molar-refractivity contribution >= 4 is 39.1 Å². The minimum Gasteiger partial charge on any atom is -0.497 e. The number of methoxy groups -OCH3 is 1. The zero-order chi connectivity index (χ0) is 29.6. The van der Waals surface area contributed by atoms with Crippen LogP contribution in [-0.2, 0) is 26.2 Å². The summed E-state index contributed by atoms with van der Waals surface area (Å²) >= 11 is 6.09. The van der Waals surface area contributed by atoms with E-state index in [4.69, 9.17) is 16.3 Å². The number of hydrogen-bond donors (Lipinski definition) is 1. The van der Waals surface area contributed by atoms with E-state index in [9.17, 15) is 18.0 Å². The standard InChI is InChI=1S/C31H36ClN3O5S/c1-22-8-4-5-9-24(22)20-34(23(2)31(37)33-26-10-6-7-11-26)30(36)21-35(27-14-12-25(32)13-15-27)41(38,39)29-18-16-28(40-3)17-19-29/h4-5,8-9,12-19,23,26H,6-7,10-11,20-21H2,1-3H3,(H,33,37)/t23-/m0/s1. The minimum atomic E-state index is -4.18. The van der Waals surface area contributed by atoms with Gasteiger partial charge in [0.15, 0.2) is 0 Å². The van der Waals surface area contributed by atoms with E-state index >= 15 is 0 Å². The molecule has 0 heterocycles. The Morgan fingerprint density at radius 3 is 2.24 bits per heavy atom. The molecule has 1 fully saturated rings. The summed E-state index contributed by atoms with van der Waals surface area (Å²) in [5, 5.41) is 3.51. The molecule has 3 aromatic rings. The van der Waals surface area contributed by atoms with Gasteiger partial charge in [-0.2, -0.15) is 0 Å². The Kier molecular flexibility index (Phi) is 9.94. The molecule has 0 aromatic heterocycles. The second kappa shape index (κ2) is 13.4. The van der Waals surface area contributed by atoms with Crippen LogP contribution in [0.4, 0.5) is 5.69 Å². The Morgan fingerprint density at radius 2 is 1.63 bits per heavy atom. The first-order chi connectivity index (χ1) is 19.6. The lowest BCUT2D eigenvalue weighted by Crippen LogP contribution is -2.52. The fourth-order valence-corrected chi connectivity index (χ4v) is 6.50. The van der Waals surface area contributed by atoms with Crippen LogP contribution in [-0.4, -0.2) is 50.9 Å². The average Bonchev–Trinajstić information content (AvgIpc) is 3.48. The van der Waals surface area contributed by atoms with E-state index in [0.717, 1.165) is 41.1 Å². The smallest absolute Gasteiger partial charge is 0.264 e. The molecule has 4 rings (SSSR count). The largest absolute Gasteiger partial charge is 0.497 e. The number of carbonyl (C=O) groups excluding carboxylic acids is 2. The molecular formula is C31H36ClN3O5S. The van der Waals surface area contributed by atoms with Crippen molar-refractivity contribution in [3.63, 3.8) is 0 Å². The molecule has 0 unspecified atom stereocenters. The molecule has 1 aliphatic rings. The zero-order valence-electron chi connectivity index (χ0n) is 23.5. The van der Waals surface area contributed by atoms with Gasteiger partial charge in [0.25, 0.3) is 10.0 Å². The van der Waals surface area contributed by atoms with Crippen molar-refractivity contribution < 1.29 is 22.7 Å². The molecule has 218 valence electrons.